The van der Waals surface area contributed by atoms with Gasteiger partial charge in [0, 0.05) is 0 Å². The first-order valence-corrected chi connectivity index (χ1v) is 4.02. The molecule has 0 aromatic heterocycles. The largest absolute Gasteiger partial charge is 0.366 e. The fourth-order valence-corrected chi connectivity index (χ4v) is 0.750. The highest BCUT2D eigenvalue weighted by Gasteiger charge is 1.66. The molecule has 0 fully saturated rings. The van der Waals surface area contributed by atoms with E-state index in [0.717, 1.165) is 16.3 Å². The summed E-state index contributed by atoms with van der Waals surface area (Å²) < 4.78 is 2.93. The average Bonchev–Trinajstić information content (AvgIpc) is 1.41. The summed E-state index contributed by atoms with van der Waals surface area (Å²) in [6.07, 6.45) is 0. The molecule has 0 aliphatic rings. The number of carbonyl (C=O) groups excluding carboxylic acids is 1. The van der Waals surface area contributed by atoms with Gasteiger partial charge in [-0.05, 0) is 0 Å². The van der Waals surface area contributed by atoms with Crippen LogP contribution in [0.15, 0.2) is 0 Å². The van der Waals surface area contributed by atoms with Crippen molar-refractivity contribution in [3.63, 3.8) is 0 Å². The summed E-state index contributed by atoms with van der Waals surface area (Å²) in [5.74, 6) is 0.993. The van der Waals surface area contributed by atoms with E-state index in [1.165, 1.54) is 0 Å². The van der Waals surface area contributed by atoms with E-state index < -0.39 is 9.68 Å². The number of hydrogen-bond acceptors (Lipinski definition) is 2. The third-order valence-corrected chi connectivity index (χ3v) is 2.09. The molecule has 30 valence electrons. The van der Waals surface area contributed by atoms with Gasteiger partial charge < -0.3 is 9.44 Å². The van der Waals surface area contributed by atoms with Gasteiger partial charge in [0.25, 0.3) is 0 Å². The van der Waals surface area contributed by atoms with Crippen LogP contribution < -0.4 is 4.65 Å². The fraction of sp³-hybridized carbons (Fsp3) is 0. The molecule has 0 rings (SSSR count). The minimum atomic E-state index is -0.437. The summed E-state index contributed by atoms with van der Waals surface area (Å²) >= 11 is 0. The predicted molar refractivity (Wildman–Crippen MR) is 28.4 cm³/mol. The van der Waals surface area contributed by atoms with Gasteiger partial charge in [-0.15, -0.1) is 0 Å². The first kappa shape index (κ1) is 5.06. The Morgan fingerprint density at radius 2 is 2.60 bits per heavy atom. The molecule has 0 saturated heterocycles. The molecule has 0 spiro atoms. The number of hydrogen-bond donors (Lipinski definition) is 1. The van der Waals surface area contributed by atoms with Gasteiger partial charge in [-0.3, -0.25) is 0 Å². The number of carbonyl (C=O) groups is 1. The summed E-state index contributed by atoms with van der Waals surface area (Å²) in [6.45, 7) is 0. The lowest BCUT2D eigenvalue weighted by Gasteiger charge is -1.74. The Bertz CT molecular complexity index is 30.8. The molecule has 0 heterocycles. The second kappa shape index (κ2) is 4.06. The molecule has 0 saturated carbocycles. The van der Waals surface area contributed by atoms with E-state index in [1.807, 2.05) is 0 Å². The molecule has 0 amide bonds. The van der Waals surface area contributed by atoms with Gasteiger partial charge in [0.2, 0.25) is 0 Å². The van der Waals surface area contributed by atoms with Crippen LogP contribution in [0.25, 0.3) is 0 Å². The molecule has 5 heavy (non-hydrogen) atoms. The maximum Gasteiger partial charge on any atom is 0.159 e. The van der Waals surface area contributed by atoms with Crippen molar-refractivity contribution in [2.75, 3.05) is 0 Å². The van der Waals surface area contributed by atoms with Crippen molar-refractivity contribution < 1.29 is 4.79 Å². The summed E-state index contributed by atoms with van der Waals surface area (Å²) in [4.78, 5) is 9.43. The third kappa shape index (κ3) is 4.06. The first-order chi connectivity index (χ1) is 2.41. The van der Waals surface area contributed by atoms with Gasteiger partial charge in [-0.1, -0.05) is 0 Å². The maximum atomic E-state index is 9.43. The lowest BCUT2D eigenvalue weighted by atomic mass is 11.8. The summed E-state index contributed by atoms with van der Waals surface area (Å²) in [5, 5.41) is 0. The molecule has 0 aliphatic carbocycles. The highest BCUT2D eigenvalue weighted by molar-refractivity contribution is 6.68. The van der Waals surface area contributed by atoms with Crippen molar-refractivity contribution >= 4 is 26.0 Å². The molecule has 4 heteroatoms. The van der Waals surface area contributed by atoms with Gasteiger partial charge in [0.1, 0.15) is 5.91 Å². The topological polar surface area (TPSA) is 29.1 Å². The van der Waals surface area contributed by atoms with Crippen molar-refractivity contribution in [2.24, 2.45) is 0 Å². The zero-order valence-corrected chi connectivity index (χ0v) is 6.61. The molecule has 0 bridgehead atoms. The Balaban J connectivity index is 2.40. The molecule has 1 N–H and O–H groups in total. The van der Waals surface area contributed by atoms with E-state index in [4.69, 9.17) is 0 Å². The van der Waals surface area contributed by atoms with Gasteiger partial charge in [0.05, 0.1) is 10.4 Å². The maximum absolute atomic E-state index is 9.43. The minimum absolute atomic E-state index is 0.437. The molecular weight excluding hydrogens is 98.2 g/mol. The summed E-state index contributed by atoms with van der Waals surface area (Å²) in [7, 11) is 0.542. The average molecular weight is 105 g/mol. The molecule has 0 aliphatic heterocycles. The van der Waals surface area contributed by atoms with Crippen LogP contribution >= 0.6 is 0 Å². The van der Waals surface area contributed by atoms with Gasteiger partial charge >= 0.3 is 0 Å². The lowest BCUT2D eigenvalue weighted by Crippen LogP contribution is -2.15. The third-order valence-electron chi connectivity index (χ3n) is 0.287. The van der Waals surface area contributed by atoms with Crippen LogP contribution in [0.5, 0.6) is 0 Å². The monoisotopic (exact) mass is 105 g/mol. The second-order valence-corrected chi connectivity index (χ2v) is 4.29. The molecule has 0 atom stereocenters. The Morgan fingerprint density at radius 1 is 2.00 bits per heavy atom. The molecule has 0 unspecified atom stereocenters. The zero-order chi connectivity index (χ0) is 4.12. The van der Waals surface area contributed by atoms with Gasteiger partial charge in [0.15, 0.2) is 9.68 Å². The van der Waals surface area contributed by atoms with Crippen LogP contribution in [0, 0.1) is 0 Å². The van der Waals surface area contributed by atoms with E-state index in [1.54, 1.807) is 0 Å². The highest BCUT2D eigenvalue weighted by atomic mass is 28.3. The normalized spacial score (nSPS) is 10.4. The number of nitrogens with one attached hydrogen (secondary N) is 1. The van der Waals surface area contributed by atoms with Gasteiger partial charge in [-0.25, -0.2) is 0 Å². The zero-order valence-electron chi connectivity index (χ0n) is 3.19. The van der Waals surface area contributed by atoms with Crippen molar-refractivity contribution in [3.8, 4) is 0 Å². The Morgan fingerprint density at radius 3 is 2.60 bits per heavy atom. The van der Waals surface area contributed by atoms with E-state index in [9.17, 15) is 4.79 Å². The van der Waals surface area contributed by atoms with Crippen LogP contribution in [0.1, 0.15) is 0 Å². The Hall–Kier alpha value is 0.0638. The highest BCUT2D eigenvalue weighted by Crippen LogP contribution is 1.24. The van der Waals surface area contributed by atoms with Gasteiger partial charge in [-0.2, -0.15) is 0 Å². The van der Waals surface area contributed by atoms with E-state index in [2.05, 4.69) is 4.65 Å². The molecule has 0 aromatic carbocycles. The van der Waals surface area contributed by atoms with E-state index in [-0.39, 0.29) is 0 Å². The van der Waals surface area contributed by atoms with Crippen LogP contribution in [-0.4, -0.2) is 26.0 Å². The lowest BCUT2D eigenvalue weighted by molar-refractivity contribution is 0.568. The molecular formula is CH7NOSi2. The van der Waals surface area contributed by atoms with E-state index in [0.29, 0.717) is 0 Å². The Labute approximate surface area is 36.4 Å². The minimum Gasteiger partial charge on any atom is -0.366 e. The standard InChI is InChI=1S/CH7NOSi2/c3-1-5-2-4/h1-2H,5H2,4H3. The molecule has 0 radical (unpaired) electrons. The summed E-state index contributed by atoms with van der Waals surface area (Å²) in [6, 6.07) is 0. The number of rotatable bonds is 2. The molecule has 2 nitrogen and oxygen atoms in total. The quantitative estimate of drug-likeness (QED) is 0.302. The van der Waals surface area contributed by atoms with Crippen LogP contribution in [0.3, 0.4) is 0 Å². The van der Waals surface area contributed by atoms with E-state index >= 15 is 0 Å². The molecule has 0 aromatic rings. The van der Waals surface area contributed by atoms with Crippen LogP contribution in [-0.2, 0) is 4.79 Å². The van der Waals surface area contributed by atoms with Crippen LogP contribution in [0.4, 0.5) is 0 Å². The van der Waals surface area contributed by atoms with Crippen molar-refractivity contribution in [1.82, 2.24) is 4.65 Å². The van der Waals surface area contributed by atoms with Crippen LogP contribution in [0.2, 0.25) is 0 Å². The SMILES string of the molecule is O=C[SiH2]N[SiH3]. The van der Waals surface area contributed by atoms with Crippen molar-refractivity contribution in [2.45, 2.75) is 0 Å². The first-order valence-electron chi connectivity index (χ1n) is 1.50. The predicted octanol–water partition coefficient (Wildman–Crippen LogP) is -2.87. The Kier molecular flexibility index (Phi) is 4.12. The smallest absolute Gasteiger partial charge is 0.159 e. The summed E-state index contributed by atoms with van der Waals surface area (Å²) in [5.41, 5.74) is 0. The second-order valence-electron chi connectivity index (χ2n) is 0.724. The van der Waals surface area contributed by atoms with Crippen molar-refractivity contribution in [3.05, 3.63) is 0 Å². The fourth-order valence-electron chi connectivity index (χ4n) is 0.0833. The van der Waals surface area contributed by atoms with Crippen molar-refractivity contribution in [1.29, 1.82) is 0 Å².